The molecule has 3 N–H and O–H groups in total. The number of H-pyrrole nitrogens is 1. The molecule has 1 aromatic heterocycles. The van der Waals surface area contributed by atoms with E-state index in [9.17, 15) is 14.3 Å². The fraction of sp³-hybridized carbons (Fsp3) is 0.529. The molecular weight excluding hydrogens is 341 g/mol. The second-order valence-electron chi connectivity index (χ2n) is 6.98. The summed E-state index contributed by atoms with van der Waals surface area (Å²) in [6.07, 6.45) is 3.22. The first-order valence-electron chi connectivity index (χ1n) is 8.76. The van der Waals surface area contributed by atoms with Gasteiger partial charge in [-0.05, 0) is 67.5 Å². The molecule has 2 aliphatic rings. The van der Waals surface area contributed by atoms with Gasteiger partial charge >= 0.3 is 5.97 Å². The fourth-order valence-corrected chi connectivity index (χ4v) is 4.05. The van der Waals surface area contributed by atoms with Gasteiger partial charge in [-0.3, -0.25) is 4.79 Å². The van der Waals surface area contributed by atoms with Crippen molar-refractivity contribution in [3.05, 3.63) is 24.0 Å². The summed E-state index contributed by atoms with van der Waals surface area (Å²) < 4.78 is 19.8. The summed E-state index contributed by atoms with van der Waals surface area (Å²) in [5.74, 6) is 0.384. The largest absolute Gasteiger partial charge is 0.490 e. The number of aromatic nitrogens is 4. The van der Waals surface area contributed by atoms with Crippen LogP contribution in [0.2, 0.25) is 0 Å². The molecular formula is C17H20FN5O3. The van der Waals surface area contributed by atoms with Gasteiger partial charge in [0.25, 0.3) is 0 Å². The van der Waals surface area contributed by atoms with E-state index in [0.717, 1.165) is 25.8 Å². The van der Waals surface area contributed by atoms with Gasteiger partial charge in [0.2, 0.25) is 5.82 Å². The van der Waals surface area contributed by atoms with E-state index >= 15 is 0 Å². The number of hydrogen-bond acceptors (Lipinski definition) is 6. The Bertz CT molecular complexity index is 785. The average Bonchev–Trinajstić information content (AvgIpc) is 3.17. The molecule has 26 heavy (non-hydrogen) atoms. The third-order valence-corrected chi connectivity index (χ3v) is 5.38. The van der Waals surface area contributed by atoms with Crippen molar-refractivity contribution in [1.82, 2.24) is 25.9 Å². The Balaban J connectivity index is 1.49. The zero-order valence-corrected chi connectivity index (χ0v) is 14.1. The second kappa shape index (κ2) is 6.99. The lowest BCUT2D eigenvalue weighted by molar-refractivity contribution is -0.141. The molecule has 1 aromatic carbocycles. The molecule has 2 heterocycles. The van der Waals surface area contributed by atoms with Gasteiger partial charge in [0.1, 0.15) is 17.6 Å². The van der Waals surface area contributed by atoms with Crippen LogP contribution < -0.4 is 10.1 Å². The summed E-state index contributed by atoms with van der Waals surface area (Å²) >= 11 is 0. The summed E-state index contributed by atoms with van der Waals surface area (Å²) in [6.45, 7) is 0.735. The highest BCUT2D eigenvalue weighted by Crippen LogP contribution is 2.38. The zero-order valence-electron chi connectivity index (χ0n) is 14.1. The second-order valence-corrected chi connectivity index (χ2v) is 6.98. The Morgan fingerprint density at radius 3 is 2.92 bits per heavy atom. The van der Waals surface area contributed by atoms with Crippen molar-refractivity contribution >= 4 is 5.97 Å². The number of carbonyl (C=O) groups is 1. The molecule has 0 bridgehead atoms. The zero-order chi connectivity index (χ0) is 18.1. The van der Waals surface area contributed by atoms with Crippen LogP contribution in [0.3, 0.4) is 0 Å². The number of rotatable bonds is 4. The van der Waals surface area contributed by atoms with E-state index in [1.807, 2.05) is 0 Å². The predicted octanol–water partition coefficient (Wildman–Crippen LogP) is 1.62. The lowest BCUT2D eigenvalue weighted by Gasteiger charge is -2.41. The Kier molecular flexibility index (Phi) is 4.54. The molecule has 0 radical (unpaired) electrons. The van der Waals surface area contributed by atoms with Crippen LogP contribution in [0.1, 0.15) is 25.7 Å². The fourth-order valence-electron chi connectivity index (χ4n) is 4.05. The standard InChI is InChI=1S/C17H20FN5O3/c18-11-2-4-15(13(7-11)16-20-22-23-21-16)26-12-3-1-9-8-19-14(17(24)25)6-10(9)5-12/h2,4,7,9-10,12,14,19H,1,3,5-6,8H2,(H,24,25)(H,20,21,22,23)/t9?,10?,12-,14-/m0/s1. The van der Waals surface area contributed by atoms with Gasteiger partial charge in [-0.1, -0.05) is 0 Å². The van der Waals surface area contributed by atoms with Crippen molar-refractivity contribution < 1.29 is 19.0 Å². The van der Waals surface area contributed by atoms with Crippen molar-refractivity contribution in [2.75, 3.05) is 6.54 Å². The van der Waals surface area contributed by atoms with Crippen LogP contribution in [-0.4, -0.2) is 50.4 Å². The summed E-state index contributed by atoms with van der Waals surface area (Å²) in [4.78, 5) is 11.3. The minimum Gasteiger partial charge on any atom is -0.490 e. The third-order valence-electron chi connectivity index (χ3n) is 5.38. The van der Waals surface area contributed by atoms with Crippen molar-refractivity contribution in [2.24, 2.45) is 11.8 Å². The molecule has 1 aliphatic heterocycles. The molecule has 8 nitrogen and oxygen atoms in total. The van der Waals surface area contributed by atoms with Crippen LogP contribution >= 0.6 is 0 Å². The molecule has 2 aromatic rings. The monoisotopic (exact) mass is 361 g/mol. The number of halogens is 1. The number of nitrogens with one attached hydrogen (secondary N) is 2. The van der Waals surface area contributed by atoms with Crippen LogP contribution in [-0.2, 0) is 4.79 Å². The van der Waals surface area contributed by atoms with Crippen molar-refractivity contribution in [1.29, 1.82) is 0 Å². The van der Waals surface area contributed by atoms with Crippen molar-refractivity contribution in [2.45, 2.75) is 37.8 Å². The number of carboxylic acid groups (broad SMARTS) is 1. The van der Waals surface area contributed by atoms with Gasteiger partial charge < -0.3 is 15.2 Å². The third kappa shape index (κ3) is 3.39. The summed E-state index contributed by atoms with van der Waals surface area (Å²) in [5.41, 5.74) is 0.453. The Labute approximate surface area is 149 Å². The van der Waals surface area contributed by atoms with E-state index in [-0.39, 0.29) is 11.9 Å². The number of aliphatic carboxylic acids is 1. The topological polar surface area (TPSA) is 113 Å². The van der Waals surface area contributed by atoms with Crippen LogP contribution in [0, 0.1) is 17.7 Å². The predicted molar refractivity (Wildman–Crippen MR) is 88.9 cm³/mol. The molecule has 2 unspecified atom stereocenters. The Hall–Kier alpha value is -2.55. The number of fused-ring (bicyclic) bond motifs is 1. The highest BCUT2D eigenvalue weighted by molar-refractivity contribution is 5.73. The Morgan fingerprint density at radius 1 is 1.27 bits per heavy atom. The number of piperidine rings is 1. The normalized spacial score (nSPS) is 28.3. The number of carboxylic acids is 1. The van der Waals surface area contributed by atoms with E-state index in [4.69, 9.17) is 4.74 Å². The molecule has 1 saturated carbocycles. The van der Waals surface area contributed by atoms with E-state index in [0.29, 0.717) is 29.6 Å². The number of nitrogens with zero attached hydrogens (tertiary/aromatic N) is 3. The number of aromatic amines is 1. The molecule has 1 saturated heterocycles. The van der Waals surface area contributed by atoms with E-state index in [1.54, 1.807) is 6.07 Å². The lowest BCUT2D eigenvalue weighted by atomic mass is 9.72. The SMILES string of the molecule is O=C(O)[C@@H]1CC2C[C@@H](Oc3ccc(F)cc3-c3nn[nH]n3)CCC2CN1. The molecule has 4 atom stereocenters. The van der Waals surface area contributed by atoms with Crippen molar-refractivity contribution in [3.63, 3.8) is 0 Å². The maximum Gasteiger partial charge on any atom is 0.320 e. The van der Waals surface area contributed by atoms with Crippen LogP contribution in [0.4, 0.5) is 4.39 Å². The number of hydrogen-bond donors (Lipinski definition) is 3. The number of ether oxygens (including phenoxy) is 1. The van der Waals surface area contributed by atoms with Crippen LogP contribution in [0.25, 0.3) is 11.4 Å². The highest BCUT2D eigenvalue weighted by Gasteiger charge is 2.38. The minimum absolute atomic E-state index is 0.0418. The first kappa shape index (κ1) is 16.9. The van der Waals surface area contributed by atoms with Gasteiger partial charge in [-0.25, -0.2) is 4.39 Å². The Morgan fingerprint density at radius 2 is 2.15 bits per heavy atom. The molecule has 9 heteroatoms. The summed E-state index contributed by atoms with van der Waals surface area (Å²) in [7, 11) is 0. The molecule has 2 fully saturated rings. The van der Waals surface area contributed by atoms with Gasteiger partial charge in [-0.15, -0.1) is 10.2 Å². The summed E-state index contributed by atoms with van der Waals surface area (Å²) in [6, 6.07) is 3.76. The number of tetrazole rings is 1. The molecule has 0 spiro atoms. The molecule has 0 amide bonds. The van der Waals surface area contributed by atoms with Crippen LogP contribution in [0.5, 0.6) is 5.75 Å². The van der Waals surface area contributed by atoms with E-state index < -0.39 is 17.8 Å². The quantitative estimate of drug-likeness (QED) is 0.758. The maximum absolute atomic E-state index is 13.7. The first-order valence-corrected chi connectivity index (χ1v) is 8.76. The van der Waals surface area contributed by atoms with Crippen molar-refractivity contribution in [3.8, 4) is 17.1 Å². The van der Waals surface area contributed by atoms with E-state index in [2.05, 4.69) is 25.9 Å². The highest BCUT2D eigenvalue weighted by atomic mass is 19.1. The molecule has 138 valence electrons. The average molecular weight is 361 g/mol. The molecule has 4 rings (SSSR count). The van der Waals surface area contributed by atoms with Gasteiger partial charge in [0, 0.05) is 0 Å². The van der Waals surface area contributed by atoms with Gasteiger partial charge in [-0.2, -0.15) is 5.21 Å². The molecule has 1 aliphatic carbocycles. The van der Waals surface area contributed by atoms with Crippen LogP contribution in [0.15, 0.2) is 18.2 Å². The number of benzene rings is 1. The van der Waals surface area contributed by atoms with Gasteiger partial charge in [0.15, 0.2) is 0 Å². The van der Waals surface area contributed by atoms with Gasteiger partial charge in [0.05, 0.1) is 11.7 Å². The smallest absolute Gasteiger partial charge is 0.320 e. The maximum atomic E-state index is 13.7. The minimum atomic E-state index is -0.801. The summed E-state index contributed by atoms with van der Waals surface area (Å²) in [5, 5.41) is 26.0. The lowest BCUT2D eigenvalue weighted by Crippen LogP contribution is -2.50. The van der Waals surface area contributed by atoms with E-state index in [1.165, 1.54) is 12.1 Å². The first-order chi connectivity index (χ1) is 12.6.